The quantitative estimate of drug-likeness (QED) is 0.589. The van der Waals surface area contributed by atoms with Crippen LogP contribution in [-0.4, -0.2) is 12.5 Å². The van der Waals surface area contributed by atoms with Crippen molar-refractivity contribution in [2.45, 2.75) is 12.8 Å². The summed E-state index contributed by atoms with van der Waals surface area (Å²) < 4.78 is 6.00. The predicted octanol–water partition coefficient (Wildman–Crippen LogP) is 3.94. The molecule has 0 N–H and O–H groups in total. The molecule has 4 saturated carbocycles. The van der Waals surface area contributed by atoms with Crippen LogP contribution < -0.4 is 0 Å². The lowest BCUT2D eigenvalue weighted by molar-refractivity contribution is 0.295. The first kappa shape index (κ1) is 10.9. The molecule has 4 fully saturated rings. The third-order valence-corrected chi connectivity index (χ3v) is 5.02. The molecule has 2 heteroatoms. The molecule has 1 aromatic rings. The minimum atomic E-state index is 0.561. The van der Waals surface area contributed by atoms with Crippen molar-refractivity contribution in [3.63, 3.8) is 0 Å². The number of hydrogen-bond donors (Lipinski definition) is 0. The van der Waals surface area contributed by atoms with Gasteiger partial charge in [-0.1, -0.05) is 30.3 Å². The lowest BCUT2D eigenvalue weighted by Gasteiger charge is -2.15. The highest BCUT2D eigenvalue weighted by atomic mass is 35.5. The molecule has 0 amide bonds. The first-order chi connectivity index (χ1) is 8.90. The normalized spacial score (nSPS) is 37.8. The molecule has 0 radical (unpaired) electrons. The van der Waals surface area contributed by atoms with Crippen molar-refractivity contribution >= 4 is 17.4 Å². The van der Waals surface area contributed by atoms with Gasteiger partial charge in [0.1, 0.15) is 12.4 Å². The summed E-state index contributed by atoms with van der Waals surface area (Å²) >= 11 is 5.79. The summed E-state index contributed by atoms with van der Waals surface area (Å²) in [4.78, 5) is 0. The minimum Gasteiger partial charge on any atom is -0.492 e. The van der Waals surface area contributed by atoms with Crippen LogP contribution in [0.15, 0.2) is 35.9 Å². The first-order valence-corrected chi connectivity index (χ1v) is 7.42. The standard InChI is InChI=1S/C16H17ClO/c17-6-7-18-16(10-4-2-1-3-5-10)14-11-8-12-13(9-11)15(12)14/h1-5,11-13,15H,6-9H2. The molecule has 0 heterocycles. The van der Waals surface area contributed by atoms with E-state index in [1.807, 2.05) is 0 Å². The lowest BCUT2D eigenvalue weighted by Crippen LogP contribution is -2.02. The molecule has 0 spiro atoms. The average molecular weight is 261 g/mol. The van der Waals surface area contributed by atoms with E-state index in [0.717, 1.165) is 29.4 Å². The molecule has 4 aliphatic carbocycles. The molecule has 5 rings (SSSR count). The number of hydrogen-bond acceptors (Lipinski definition) is 1. The Kier molecular flexibility index (Phi) is 2.44. The number of rotatable bonds is 4. The maximum Gasteiger partial charge on any atom is 0.126 e. The van der Waals surface area contributed by atoms with Gasteiger partial charge in [-0.15, -0.1) is 11.6 Å². The number of benzene rings is 1. The summed E-state index contributed by atoms with van der Waals surface area (Å²) in [5.41, 5.74) is 2.84. The first-order valence-electron chi connectivity index (χ1n) is 6.88. The van der Waals surface area contributed by atoms with Crippen LogP contribution in [0.25, 0.3) is 5.76 Å². The van der Waals surface area contributed by atoms with Crippen molar-refractivity contribution in [1.29, 1.82) is 0 Å². The van der Waals surface area contributed by atoms with E-state index in [1.165, 1.54) is 18.4 Å². The van der Waals surface area contributed by atoms with Crippen molar-refractivity contribution in [3.8, 4) is 0 Å². The van der Waals surface area contributed by atoms with Gasteiger partial charge in [-0.25, -0.2) is 0 Å². The monoisotopic (exact) mass is 260 g/mol. The smallest absolute Gasteiger partial charge is 0.126 e. The van der Waals surface area contributed by atoms with Gasteiger partial charge in [-0.2, -0.15) is 0 Å². The van der Waals surface area contributed by atoms with Gasteiger partial charge >= 0.3 is 0 Å². The van der Waals surface area contributed by atoms with E-state index in [1.54, 1.807) is 5.57 Å². The summed E-state index contributed by atoms with van der Waals surface area (Å²) in [6.45, 7) is 0.615. The molecule has 2 atom stereocenters. The molecule has 1 nitrogen and oxygen atoms in total. The Morgan fingerprint density at radius 1 is 1.17 bits per heavy atom. The molecule has 0 aromatic heterocycles. The van der Waals surface area contributed by atoms with Gasteiger partial charge in [0.2, 0.25) is 0 Å². The molecule has 4 bridgehead atoms. The molecule has 4 aliphatic rings. The summed E-state index contributed by atoms with van der Waals surface area (Å²) in [5, 5.41) is 0. The second-order valence-electron chi connectivity index (χ2n) is 5.71. The maximum atomic E-state index is 6.00. The summed E-state index contributed by atoms with van der Waals surface area (Å²) in [5.74, 6) is 5.34. The van der Waals surface area contributed by atoms with Gasteiger partial charge in [0, 0.05) is 5.56 Å². The topological polar surface area (TPSA) is 9.23 Å². The van der Waals surface area contributed by atoms with Crippen LogP contribution in [0.5, 0.6) is 0 Å². The zero-order chi connectivity index (χ0) is 12.1. The van der Waals surface area contributed by atoms with Crippen molar-refractivity contribution in [2.75, 3.05) is 12.5 Å². The van der Waals surface area contributed by atoms with Crippen molar-refractivity contribution in [3.05, 3.63) is 41.5 Å². The van der Waals surface area contributed by atoms with Crippen molar-refractivity contribution < 1.29 is 4.74 Å². The van der Waals surface area contributed by atoms with E-state index in [0.29, 0.717) is 12.5 Å². The van der Waals surface area contributed by atoms with E-state index in [-0.39, 0.29) is 0 Å². The number of alkyl halides is 1. The highest BCUT2D eigenvalue weighted by molar-refractivity contribution is 6.18. The van der Waals surface area contributed by atoms with Crippen molar-refractivity contribution in [1.82, 2.24) is 0 Å². The van der Waals surface area contributed by atoms with Gasteiger partial charge in [-0.3, -0.25) is 0 Å². The highest BCUT2D eigenvalue weighted by Gasteiger charge is 2.66. The van der Waals surface area contributed by atoms with Crippen LogP contribution in [0.2, 0.25) is 0 Å². The van der Waals surface area contributed by atoms with Gasteiger partial charge < -0.3 is 4.74 Å². The molecule has 0 aliphatic heterocycles. The SMILES string of the molecule is ClCCOC(=C1C2CC3C(C2)C13)c1ccccc1. The fourth-order valence-electron chi connectivity index (χ4n) is 4.23. The Morgan fingerprint density at radius 2 is 1.89 bits per heavy atom. The molecule has 18 heavy (non-hydrogen) atoms. The fourth-order valence-corrected chi connectivity index (χ4v) is 4.31. The highest BCUT2D eigenvalue weighted by Crippen LogP contribution is 2.74. The van der Waals surface area contributed by atoms with Crippen LogP contribution >= 0.6 is 11.6 Å². The molecule has 94 valence electrons. The third kappa shape index (κ3) is 1.46. The molecular formula is C16H17ClO. The summed E-state index contributed by atoms with van der Waals surface area (Å²) in [6, 6.07) is 10.5. The van der Waals surface area contributed by atoms with E-state index < -0.39 is 0 Å². The zero-order valence-electron chi connectivity index (χ0n) is 10.3. The van der Waals surface area contributed by atoms with Gasteiger partial charge in [0.25, 0.3) is 0 Å². The van der Waals surface area contributed by atoms with Crippen molar-refractivity contribution in [2.24, 2.45) is 23.7 Å². The molecule has 2 unspecified atom stereocenters. The Bertz CT molecular complexity index is 477. The van der Waals surface area contributed by atoms with E-state index in [4.69, 9.17) is 16.3 Å². The van der Waals surface area contributed by atoms with Crippen LogP contribution in [-0.2, 0) is 4.74 Å². The number of allylic oxidation sites excluding steroid dienone is 1. The van der Waals surface area contributed by atoms with Gasteiger partial charge in [0.15, 0.2) is 0 Å². The number of halogens is 1. The second kappa shape index (κ2) is 4.03. The zero-order valence-corrected chi connectivity index (χ0v) is 11.1. The Morgan fingerprint density at radius 3 is 2.44 bits per heavy atom. The van der Waals surface area contributed by atoms with Gasteiger partial charge in [0.05, 0.1) is 5.88 Å². The number of ether oxygens (including phenoxy) is 1. The Balaban J connectivity index is 1.74. The van der Waals surface area contributed by atoms with Crippen LogP contribution in [0.3, 0.4) is 0 Å². The minimum absolute atomic E-state index is 0.561. The van der Waals surface area contributed by atoms with Crippen LogP contribution in [0.4, 0.5) is 0 Å². The largest absolute Gasteiger partial charge is 0.492 e. The van der Waals surface area contributed by atoms with Crippen LogP contribution in [0.1, 0.15) is 18.4 Å². The maximum absolute atomic E-state index is 6.00. The average Bonchev–Trinajstić information content (AvgIpc) is 2.80. The van der Waals surface area contributed by atoms with Gasteiger partial charge in [-0.05, 0) is 42.1 Å². The second-order valence-corrected chi connectivity index (χ2v) is 6.09. The summed E-state index contributed by atoms with van der Waals surface area (Å²) in [6.07, 6.45) is 2.82. The Labute approximate surface area is 113 Å². The van der Waals surface area contributed by atoms with E-state index in [2.05, 4.69) is 30.3 Å². The predicted molar refractivity (Wildman–Crippen MR) is 73.2 cm³/mol. The van der Waals surface area contributed by atoms with Crippen LogP contribution in [0, 0.1) is 23.7 Å². The third-order valence-electron chi connectivity index (χ3n) is 4.87. The Hall–Kier alpha value is -0.950. The lowest BCUT2D eigenvalue weighted by atomic mass is 10.0. The van der Waals surface area contributed by atoms with E-state index in [9.17, 15) is 0 Å². The molecule has 0 saturated heterocycles. The van der Waals surface area contributed by atoms with E-state index >= 15 is 0 Å². The fraction of sp³-hybridized carbons (Fsp3) is 0.500. The molecular weight excluding hydrogens is 244 g/mol. The summed E-state index contributed by atoms with van der Waals surface area (Å²) in [7, 11) is 0. The molecule has 1 aromatic carbocycles.